The summed E-state index contributed by atoms with van der Waals surface area (Å²) in [7, 11) is 0. The number of hydrogen-bond acceptors (Lipinski definition) is 6. The van der Waals surface area contributed by atoms with Gasteiger partial charge in [0.15, 0.2) is 0 Å². The fourth-order valence-corrected chi connectivity index (χ4v) is 4.40. The number of carbonyl (C=O) groups is 2. The molecule has 200 valence electrons. The minimum absolute atomic E-state index is 0.134. The molecular formula is C30H31N5O4. The van der Waals surface area contributed by atoms with Crippen LogP contribution in [-0.2, 0) is 24.4 Å². The largest absolute Gasteiger partial charge is 0.489 e. The second kappa shape index (κ2) is 11.0. The maximum Gasteiger partial charge on any atom is 0.407 e. The van der Waals surface area contributed by atoms with E-state index in [0.717, 1.165) is 33.5 Å². The number of hydrogen-bond donors (Lipinski definition) is 2. The highest BCUT2D eigenvalue weighted by molar-refractivity contribution is 6.03. The second-order valence-electron chi connectivity index (χ2n) is 10.3. The smallest absolute Gasteiger partial charge is 0.407 e. The average molecular weight is 526 g/mol. The number of nitrogens with zero attached hydrogens (tertiary/aromatic N) is 3. The van der Waals surface area contributed by atoms with Crippen molar-refractivity contribution in [1.82, 2.24) is 25.4 Å². The van der Waals surface area contributed by atoms with Gasteiger partial charge in [0.05, 0.1) is 6.54 Å². The maximum atomic E-state index is 12.8. The van der Waals surface area contributed by atoms with Gasteiger partial charge in [-0.05, 0) is 61.7 Å². The van der Waals surface area contributed by atoms with Gasteiger partial charge in [-0.25, -0.2) is 4.79 Å². The van der Waals surface area contributed by atoms with Crippen molar-refractivity contribution in [3.8, 4) is 28.1 Å². The van der Waals surface area contributed by atoms with Crippen LogP contribution in [0.1, 0.15) is 42.4 Å². The SMILES string of the molecule is CC(C)(C)OC(=O)NCc1cccc(COc2ccc(-c3c(-c4ccncc4)nn4c3C(=O)NCC4)cc2)c1. The van der Waals surface area contributed by atoms with Gasteiger partial charge in [-0.1, -0.05) is 36.4 Å². The molecule has 2 amide bonds. The third-order valence-corrected chi connectivity index (χ3v) is 6.11. The first kappa shape index (κ1) is 26.0. The molecule has 39 heavy (non-hydrogen) atoms. The zero-order valence-electron chi connectivity index (χ0n) is 22.2. The molecule has 2 aromatic carbocycles. The highest BCUT2D eigenvalue weighted by atomic mass is 16.6. The molecule has 0 atom stereocenters. The Morgan fingerprint density at radius 2 is 1.77 bits per heavy atom. The number of pyridine rings is 1. The van der Waals surface area contributed by atoms with E-state index in [1.165, 1.54) is 0 Å². The molecule has 9 nitrogen and oxygen atoms in total. The molecule has 9 heteroatoms. The second-order valence-corrected chi connectivity index (χ2v) is 10.3. The monoisotopic (exact) mass is 525 g/mol. The molecule has 0 saturated heterocycles. The quantitative estimate of drug-likeness (QED) is 0.353. The number of nitrogens with one attached hydrogen (secondary N) is 2. The summed E-state index contributed by atoms with van der Waals surface area (Å²) < 4.78 is 13.1. The first-order chi connectivity index (χ1) is 18.8. The van der Waals surface area contributed by atoms with E-state index in [1.54, 1.807) is 17.1 Å². The van der Waals surface area contributed by atoms with Gasteiger partial charge in [-0.2, -0.15) is 5.10 Å². The predicted molar refractivity (Wildman–Crippen MR) is 147 cm³/mol. The van der Waals surface area contributed by atoms with Crippen molar-refractivity contribution in [3.63, 3.8) is 0 Å². The summed E-state index contributed by atoms with van der Waals surface area (Å²) >= 11 is 0. The number of ether oxygens (including phenoxy) is 2. The van der Waals surface area contributed by atoms with Crippen LogP contribution in [0.5, 0.6) is 5.75 Å². The highest BCUT2D eigenvalue weighted by Gasteiger charge is 2.28. The normalized spacial score (nSPS) is 12.8. The molecular weight excluding hydrogens is 494 g/mol. The van der Waals surface area contributed by atoms with E-state index in [9.17, 15) is 9.59 Å². The number of amides is 2. The van der Waals surface area contributed by atoms with Crippen molar-refractivity contribution < 1.29 is 19.1 Å². The molecule has 1 aliphatic heterocycles. The Balaban J connectivity index is 1.29. The maximum absolute atomic E-state index is 12.8. The minimum atomic E-state index is -0.542. The van der Waals surface area contributed by atoms with Crippen LogP contribution in [0.15, 0.2) is 73.1 Å². The van der Waals surface area contributed by atoms with Crippen LogP contribution in [-0.4, -0.2) is 38.9 Å². The van der Waals surface area contributed by atoms with E-state index < -0.39 is 11.7 Å². The molecule has 5 rings (SSSR count). The molecule has 3 heterocycles. The Bertz CT molecular complexity index is 1470. The van der Waals surface area contributed by atoms with E-state index in [0.29, 0.717) is 37.7 Å². The molecule has 0 unspecified atom stereocenters. The summed E-state index contributed by atoms with van der Waals surface area (Å²) in [5.41, 5.74) is 5.25. The Kier molecular flexibility index (Phi) is 7.31. The topological polar surface area (TPSA) is 107 Å². The molecule has 0 saturated carbocycles. The third-order valence-electron chi connectivity index (χ3n) is 6.11. The van der Waals surface area contributed by atoms with Crippen LogP contribution < -0.4 is 15.4 Å². The summed E-state index contributed by atoms with van der Waals surface area (Å²) in [6.07, 6.45) is 2.99. The Labute approximate surface area is 227 Å². The fourth-order valence-electron chi connectivity index (χ4n) is 4.40. The fraction of sp³-hybridized carbons (Fsp3) is 0.267. The molecule has 0 spiro atoms. The summed E-state index contributed by atoms with van der Waals surface area (Å²) in [6.45, 7) is 7.39. The summed E-state index contributed by atoms with van der Waals surface area (Å²) in [5.74, 6) is 0.567. The van der Waals surface area contributed by atoms with Gasteiger partial charge in [0.25, 0.3) is 5.91 Å². The third kappa shape index (κ3) is 6.26. The van der Waals surface area contributed by atoms with Gasteiger partial charge in [-0.15, -0.1) is 0 Å². The molecule has 0 fully saturated rings. The molecule has 0 aliphatic carbocycles. The van der Waals surface area contributed by atoms with Crippen LogP contribution in [0.4, 0.5) is 4.79 Å². The number of rotatable bonds is 7. The Morgan fingerprint density at radius 1 is 1.03 bits per heavy atom. The van der Waals surface area contributed by atoms with Gasteiger partial charge < -0.3 is 20.1 Å². The summed E-state index contributed by atoms with van der Waals surface area (Å²) in [4.78, 5) is 28.8. The molecule has 0 radical (unpaired) electrons. The van der Waals surface area contributed by atoms with Crippen LogP contribution >= 0.6 is 0 Å². The summed E-state index contributed by atoms with van der Waals surface area (Å²) in [6, 6.07) is 19.3. The first-order valence-corrected chi connectivity index (χ1v) is 12.8. The van der Waals surface area contributed by atoms with Crippen LogP contribution in [0, 0.1) is 0 Å². The number of aromatic nitrogens is 3. The first-order valence-electron chi connectivity index (χ1n) is 12.8. The predicted octanol–water partition coefficient (Wildman–Crippen LogP) is 4.96. The van der Waals surface area contributed by atoms with Crippen molar-refractivity contribution in [2.24, 2.45) is 0 Å². The van der Waals surface area contributed by atoms with Crippen molar-refractivity contribution in [2.45, 2.75) is 46.1 Å². The van der Waals surface area contributed by atoms with Gasteiger partial charge >= 0.3 is 6.09 Å². The molecule has 4 aromatic rings. The molecule has 2 N–H and O–H groups in total. The molecule has 2 aromatic heterocycles. The number of alkyl carbamates (subject to hydrolysis) is 1. The van der Waals surface area contributed by atoms with E-state index in [1.807, 2.05) is 81.4 Å². The minimum Gasteiger partial charge on any atom is -0.489 e. The van der Waals surface area contributed by atoms with Gasteiger partial charge in [-0.3, -0.25) is 14.5 Å². The highest BCUT2D eigenvalue weighted by Crippen LogP contribution is 2.36. The summed E-state index contributed by atoms with van der Waals surface area (Å²) in [5, 5.41) is 10.5. The Morgan fingerprint density at radius 3 is 2.51 bits per heavy atom. The van der Waals surface area contributed by atoms with Gasteiger partial charge in [0.1, 0.15) is 29.3 Å². The average Bonchev–Trinajstić information content (AvgIpc) is 3.32. The molecule has 1 aliphatic rings. The lowest BCUT2D eigenvalue weighted by Gasteiger charge is -2.19. The zero-order chi connectivity index (χ0) is 27.4. The van der Waals surface area contributed by atoms with Crippen LogP contribution in [0.25, 0.3) is 22.4 Å². The van der Waals surface area contributed by atoms with Gasteiger partial charge in [0, 0.05) is 36.6 Å². The van der Waals surface area contributed by atoms with Crippen molar-refractivity contribution in [1.29, 1.82) is 0 Å². The van der Waals surface area contributed by atoms with E-state index in [-0.39, 0.29) is 5.91 Å². The van der Waals surface area contributed by atoms with Gasteiger partial charge in [0.2, 0.25) is 0 Å². The van der Waals surface area contributed by atoms with E-state index >= 15 is 0 Å². The lowest BCUT2D eigenvalue weighted by atomic mass is 9.98. The lowest BCUT2D eigenvalue weighted by molar-refractivity contribution is 0.0523. The zero-order valence-corrected chi connectivity index (χ0v) is 22.2. The van der Waals surface area contributed by atoms with Crippen LogP contribution in [0.3, 0.4) is 0 Å². The Hall–Kier alpha value is -4.66. The van der Waals surface area contributed by atoms with E-state index in [2.05, 4.69) is 15.6 Å². The number of fused-ring (bicyclic) bond motifs is 1. The van der Waals surface area contributed by atoms with Crippen molar-refractivity contribution in [3.05, 3.63) is 89.9 Å². The number of carbonyl (C=O) groups excluding carboxylic acids is 2. The van der Waals surface area contributed by atoms with Crippen LogP contribution in [0.2, 0.25) is 0 Å². The number of benzene rings is 2. The molecule has 0 bridgehead atoms. The van der Waals surface area contributed by atoms with Crippen molar-refractivity contribution >= 4 is 12.0 Å². The van der Waals surface area contributed by atoms with Crippen molar-refractivity contribution in [2.75, 3.05) is 6.54 Å². The lowest BCUT2D eigenvalue weighted by Crippen LogP contribution is -2.35. The standard InChI is InChI=1S/C30H31N5O4/c1-30(2,3)39-29(37)33-18-20-5-4-6-21(17-20)19-38-24-9-7-22(8-10-24)25-26(23-11-13-31-14-12-23)34-35-16-15-32-28(36)27(25)35/h4-14,17H,15-16,18-19H2,1-3H3,(H,32,36)(H,33,37). The van der Waals surface area contributed by atoms with E-state index in [4.69, 9.17) is 14.6 Å².